The molecule has 0 N–H and O–H groups in total. The summed E-state index contributed by atoms with van der Waals surface area (Å²) in [5.74, 6) is 0.490. The van der Waals surface area contributed by atoms with Crippen LogP contribution in [0.5, 0.6) is 0 Å². The van der Waals surface area contributed by atoms with E-state index in [1.54, 1.807) is 0 Å². The van der Waals surface area contributed by atoms with E-state index in [2.05, 4.69) is 16.0 Å². The smallest absolute Gasteiger partial charge is 0.353 e. The highest BCUT2D eigenvalue weighted by Gasteiger charge is 2.32. The largest absolute Gasteiger partial charge is 0.417 e. The first-order chi connectivity index (χ1) is 14.3. The molecular weight excluding hydrogens is 417 g/mol. The van der Waals surface area contributed by atoms with Gasteiger partial charge in [0.2, 0.25) is 5.91 Å². The van der Waals surface area contributed by atoms with Crippen LogP contribution in [0.15, 0.2) is 36.5 Å². The van der Waals surface area contributed by atoms with Crippen molar-refractivity contribution in [1.82, 2.24) is 9.88 Å². The Balaban J connectivity index is 1.29. The van der Waals surface area contributed by atoms with Gasteiger partial charge in [-0.25, -0.2) is 4.98 Å². The molecule has 2 aliphatic rings. The Hall–Kier alpha value is -2.32. The molecule has 0 unspecified atom stereocenters. The summed E-state index contributed by atoms with van der Waals surface area (Å²) in [6.45, 7) is 3.97. The van der Waals surface area contributed by atoms with Crippen LogP contribution in [0.1, 0.15) is 17.5 Å². The van der Waals surface area contributed by atoms with Crippen molar-refractivity contribution in [3.05, 3.63) is 52.7 Å². The van der Waals surface area contributed by atoms with Gasteiger partial charge >= 0.3 is 6.18 Å². The van der Waals surface area contributed by atoms with Gasteiger partial charge < -0.3 is 9.80 Å². The molecule has 9 heteroatoms. The van der Waals surface area contributed by atoms with E-state index in [1.165, 1.54) is 5.56 Å². The number of nitrogens with zero attached hydrogens (tertiary/aromatic N) is 4. The van der Waals surface area contributed by atoms with Gasteiger partial charge in [0.1, 0.15) is 5.82 Å². The van der Waals surface area contributed by atoms with Gasteiger partial charge in [-0.05, 0) is 24.1 Å². The van der Waals surface area contributed by atoms with Crippen LogP contribution in [-0.4, -0.2) is 55.1 Å². The highest BCUT2D eigenvalue weighted by molar-refractivity contribution is 6.33. The summed E-state index contributed by atoms with van der Waals surface area (Å²) < 4.78 is 38.4. The lowest BCUT2D eigenvalue weighted by molar-refractivity contribution is -0.137. The lowest BCUT2D eigenvalue weighted by atomic mass is 10.2. The summed E-state index contributed by atoms with van der Waals surface area (Å²) in [6.07, 6.45) is -2.31. The number of piperazine rings is 1. The van der Waals surface area contributed by atoms with Crippen molar-refractivity contribution in [3.8, 4) is 0 Å². The number of halogens is 4. The monoisotopic (exact) mass is 438 g/mol. The van der Waals surface area contributed by atoms with Gasteiger partial charge in [-0.2, -0.15) is 13.2 Å². The van der Waals surface area contributed by atoms with E-state index in [1.807, 2.05) is 28.0 Å². The number of amides is 1. The lowest BCUT2D eigenvalue weighted by Gasteiger charge is -2.36. The number of benzene rings is 1. The molecule has 1 amide bonds. The van der Waals surface area contributed by atoms with Crippen LogP contribution in [0.3, 0.4) is 0 Å². The molecule has 0 atom stereocenters. The number of carbonyl (C=O) groups excluding carboxylic acids is 1. The summed E-state index contributed by atoms with van der Waals surface area (Å²) in [7, 11) is 0. The number of rotatable bonds is 4. The fraction of sp³-hybridized carbons (Fsp3) is 0.429. The Kier molecular flexibility index (Phi) is 5.88. The van der Waals surface area contributed by atoms with Gasteiger partial charge in [0.25, 0.3) is 0 Å². The van der Waals surface area contributed by atoms with E-state index < -0.39 is 11.7 Å². The molecule has 2 aliphatic heterocycles. The number of para-hydroxylation sites is 1. The standard InChI is InChI=1S/C21H22ClF3N4O/c22-17-13-16(21(23,24)25)14-26-20(17)28-11-9-27(10-12-28)7-6-19(30)29-8-5-15-3-1-2-4-18(15)29/h1-4,13-14H,5-12H2. The number of alkyl halides is 3. The Morgan fingerprint density at radius 2 is 1.83 bits per heavy atom. The maximum absolute atomic E-state index is 12.8. The topological polar surface area (TPSA) is 39.7 Å². The Morgan fingerprint density at radius 1 is 1.10 bits per heavy atom. The van der Waals surface area contributed by atoms with Crippen LogP contribution in [0.2, 0.25) is 5.02 Å². The molecule has 0 saturated carbocycles. The van der Waals surface area contributed by atoms with E-state index in [9.17, 15) is 18.0 Å². The molecule has 1 saturated heterocycles. The molecule has 0 spiro atoms. The summed E-state index contributed by atoms with van der Waals surface area (Å²) in [6, 6.07) is 8.90. The van der Waals surface area contributed by atoms with Crippen molar-refractivity contribution >= 4 is 29.0 Å². The number of carbonyl (C=O) groups is 1. The minimum absolute atomic E-state index is 0.00107. The van der Waals surface area contributed by atoms with Crippen molar-refractivity contribution in [2.45, 2.75) is 19.0 Å². The average molecular weight is 439 g/mol. The van der Waals surface area contributed by atoms with Crippen LogP contribution in [0.25, 0.3) is 0 Å². The van der Waals surface area contributed by atoms with Gasteiger partial charge in [0.05, 0.1) is 10.6 Å². The second-order valence-electron chi connectivity index (χ2n) is 7.53. The minimum Gasteiger partial charge on any atom is -0.353 e. The van der Waals surface area contributed by atoms with Crippen LogP contribution in [0.4, 0.5) is 24.7 Å². The maximum atomic E-state index is 12.8. The van der Waals surface area contributed by atoms with Crippen LogP contribution >= 0.6 is 11.6 Å². The number of hydrogen-bond donors (Lipinski definition) is 0. The van der Waals surface area contributed by atoms with E-state index in [0.717, 1.165) is 30.9 Å². The second kappa shape index (κ2) is 8.43. The lowest BCUT2D eigenvalue weighted by Crippen LogP contribution is -2.47. The molecule has 4 rings (SSSR count). The second-order valence-corrected chi connectivity index (χ2v) is 7.94. The van der Waals surface area contributed by atoms with Gasteiger partial charge in [0, 0.05) is 57.6 Å². The average Bonchev–Trinajstić information content (AvgIpc) is 3.16. The molecule has 30 heavy (non-hydrogen) atoms. The summed E-state index contributed by atoms with van der Waals surface area (Å²) in [5, 5.41) is 0.00107. The first kappa shape index (κ1) is 20.9. The van der Waals surface area contributed by atoms with Crippen molar-refractivity contribution in [1.29, 1.82) is 0 Å². The molecule has 0 aliphatic carbocycles. The molecule has 0 radical (unpaired) electrons. The van der Waals surface area contributed by atoms with Gasteiger partial charge in [-0.15, -0.1) is 0 Å². The maximum Gasteiger partial charge on any atom is 0.417 e. The fourth-order valence-electron chi connectivity index (χ4n) is 3.99. The first-order valence-corrected chi connectivity index (χ1v) is 10.3. The zero-order valence-corrected chi connectivity index (χ0v) is 17.1. The fourth-order valence-corrected chi connectivity index (χ4v) is 4.27. The van der Waals surface area contributed by atoms with Crippen LogP contribution < -0.4 is 9.80 Å². The van der Waals surface area contributed by atoms with Crippen LogP contribution in [0, 0.1) is 0 Å². The van der Waals surface area contributed by atoms with Crippen molar-refractivity contribution < 1.29 is 18.0 Å². The highest BCUT2D eigenvalue weighted by atomic mass is 35.5. The van der Waals surface area contributed by atoms with Gasteiger partial charge in [-0.1, -0.05) is 29.8 Å². The normalized spacial score (nSPS) is 17.3. The molecule has 3 heterocycles. The molecule has 1 aromatic carbocycles. The number of aromatic nitrogens is 1. The molecular formula is C21H22ClF3N4O. The third-order valence-electron chi connectivity index (χ3n) is 5.65. The third kappa shape index (κ3) is 4.39. The van der Waals surface area contributed by atoms with Gasteiger partial charge in [0.15, 0.2) is 0 Å². The van der Waals surface area contributed by atoms with E-state index in [0.29, 0.717) is 45.0 Å². The first-order valence-electron chi connectivity index (χ1n) is 9.91. The Labute approximate surface area is 178 Å². The quantitative estimate of drug-likeness (QED) is 0.727. The molecule has 5 nitrogen and oxygen atoms in total. The predicted octanol–water partition coefficient (Wildman–Crippen LogP) is 3.86. The Bertz CT molecular complexity index is 929. The summed E-state index contributed by atoms with van der Waals surface area (Å²) >= 11 is 6.05. The number of pyridine rings is 1. The zero-order chi connectivity index (χ0) is 21.3. The van der Waals surface area contributed by atoms with Crippen molar-refractivity contribution in [2.75, 3.05) is 49.1 Å². The number of anilines is 2. The third-order valence-corrected chi connectivity index (χ3v) is 5.93. The number of hydrogen-bond acceptors (Lipinski definition) is 4. The Morgan fingerprint density at radius 3 is 2.53 bits per heavy atom. The van der Waals surface area contributed by atoms with Crippen molar-refractivity contribution in [3.63, 3.8) is 0 Å². The zero-order valence-electron chi connectivity index (χ0n) is 16.3. The molecule has 160 valence electrons. The van der Waals surface area contributed by atoms with Gasteiger partial charge in [-0.3, -0.25) is 9.69 Å². The molecule has 2 aromatic rings. The van der Waals surface area contributed by atoms with Crippen LogP contribution in [-0.2, 0) is 17.4 Å². The SMILES string of the molecule is O=C(CCN1CCN(c2ncc(C(F)(F)F)cc2Cl)CC1)N1CCc2ccccc21. The minimum atomic E-state index is -4.46. The summed E-state index contributed by atoms with van der Waals surface area (Å²) in [5.41, 5.74) is 1.37. The van der Waals surface area contributed by atoms with E-state index in [-0.39, 0.29) is 10.9 Å². The van der Waals surface area contributed by atoms with E-state index in [4.69, 9.17) is 11.6 Å². The molecule has 1 fully saturated rings. The summed E-state index contributed by atoms with van der Waals surface area (Å²) in [4.78, 5) is 22.5. The highest BCUT2D eigenvalue weighted by Crippen LogP contribution is 2.34. The number of fused-ring (bicyclic) bond motifs is 1. The van der Waals surface area contributed by atoms with Crippen molar-refractivity contribution in [2.24, 2.45) is 0 Å². The predicted molar refractivity (Wildman–Crippen MR) is 110 cm³/mol. The van der Waals surface area contributed by atoms with E-state index >= 15 is 0 Å². The molecule has 0 bridgehead atoms. The molecule has 1 aromatic heterocycles.